The van der Waals surface area contributed by atoms with Crippen LogP contribution in [0.2, 0.25) is 0 Å². The second-order valence-electron chi connectivity index (χ2n) is 8.62. The molecule has 0 unspecified atom stereocenters. The van der Waals surface area contributed by atoms with E-state index in [4.69, 9.17) is 86.7 Å². The highest BCUT2D eigenvalue weighted by atomic mass is 35.6. The molecule has 1 fully saturated rings. The second-order valence-corrected chi connectivity index (χ2v) is 15.9. The van der Waals surface area contributed by atoms with Crippen LogP contribution in [0.15, 0.2) is 63.4 Å². The smallest absolute Gasteiger partial charge is 0.293 e. The average Bonchev–Trinajstić information content (AvgIpc) is 3.42. The fourth-order valence-electron chi connectivity index (χ4n) is 3.83. The number of thioether (sulfide) groups is 2. The molecule has 8 nitrogen and oxygen atoms in total. The molecule has 0 N–H and O–H groups in total. The Labute approximate surface area is 283 Å². The lowest BCUT2D eigenvalue weighted by molar-refractivity contribution is -0.155. The van der Waals surface area contributed by atoms with Gasteiger partial charge in [-0.2, -0.15) is 5.06 Å². The summed E-state index contributed by atoms with van der Waals surface area (Å²) in [6.45, 7) is -0.0640. The summed E-state index contributed by atoms with van der Waals surface area (Å²) < 4.78 is -3.74. The third kappa shape index (κ3) is 6.81. The standard InChI is InChI=1S/C25H15Cl6N5O3S3/c1-35-14-4-2-3-5-16(14)41-20(35)17-19(38)36(23(40)42-17)39-11-10-15(37)12-6-8-13(9-7-12)18-32-21(24(26,27)28)34-22(33-18)25(29,30)31/h2-9H,10-11H2,1H3/b20-17+. The topological polar surface area (TPSA) is 88.5 Å². The number of hydrogen-bond acceptors (Lipinski definition) is 10. The summed E-state index contributed by atoms with van der Waals surface area (Å²) in [5.41, 5.74) is 1.85. The van der Waals surface area contributed by atoms with Gasteiger partial charge in [0.05, 0.1) is 17.3 Å². The van der Waals surface area contributed by atoms with Crippen LogP contribution >= 0.6 is 105 Å². The Bertz CT molecular complexity index is 1600. The Morgan fingerprint density at radius 2 is 1.55 bits per heavy atom. The van der Waals surface area contributed by atoms with Crippen LogP contribution in [0.25, 0.3) is 11.4 Å². The summed E-state index contributed by atoms with van der Waals surface area (Å²) in [6.07, 6.45) is -0.0109. The predicted octanol–water partition coefficient (Wildman–Crippen LogP) is 7.97. The number of carbonyl (C=O) groups excluding carboxylic acids is 2. The Balaban J connectivity index is 1.24. The zero-order valence-electron chi connectivity index (χ0n) is 21.0. The van der Waals surface area contributed by atoms with Gasteiger partial charge in [-0.1, -0.05) is 118 Å². The highest BCUT2D eigenvalue weighted by Crippen LogP contribution is 2.50. The van der Waals surface area contributed by atoms with Gasteiger partial charge in [0.1, 0.15) is 4.91 Å². The largest absolute Gasteiger partial charge is 0.337 e. The molecule has 17 heteroatoms. The molecule has 3 aromatic rings. The van der Waals surface area contributed by atoms with Gasteiger partial charge in [0.2, 0.25) is 7.59 Å². The SMILES string of the molecule is CN1/C(=C2\SC(=S)N(OCCC(=O)c3ccc(-c4nc(C(Cl)(Cl)Cl)nc(C(Cl)(Cl)Cl)n4)cc3)C2=O)Sc2ccccc21. The van der Waals surface area contributed by atoms with E-state index < -0.39 is 7.59 Å². The molecular weight excluding hydrogens is 727 g/mol. The van der Waals surface area contributed by atoms with E-state index in [2.05, 4.69) is 15.0 Å². The van der Waals surface area contributed by atoms with E-state index >= 15 is 0 Å². The van der Waals surface area contributed by atoms with Crippen LogP contribution in [0.1, 0.15) is 28.4 Å². The number of thiocarbonyl (C=S) groups is 1. The number of hydroxylamine groups is 2. The molecule has 42 heavy (non-hydrogen) atoms. The van der Waals surface area contributed by atoms with Gasteiger partial charge in [0.25, 0.3) is 5.91 Å². The van der Waals surface area contributed by atoms with E-state index in [1.165, 1.54) is 11.8 Å². The summed E-state index contributed by atoms with van der Waals surface area (Å²) >= 11 is 43.7. The minimum Gasteiger partial charge on any atom is -0.337 e. The van der Waals surface area contributed by atoms with Crippen molar-refractivity contribution in [3.63, 3.8) is 0 Å². The molecule has 1 aromatic heterocycles. The molecule has 0 radical (unpaired) electrons. The first kappa shape index (κ1) is 32.0. The number of carbonyl (C=O) groups is 2. The van der Waals surface area contributed by atoms with Crippen molar-refractivity contribution >= 4 is 127 Å². The van der Waals surface area contributed by atoms with Gasteiger partial charge in [-0.3, -0.25) is 14.4 Å². The number of Topliss-reactive ketones (excluding diaryl/α,β-unsaturated/α-hetero) is 1. The lowest BCUT2D eigenvalue weighted by Crippen LogP contribution is -2.30. The van der Waals surface area contributed by atoms with Crippen LogP contribution in [-0.2, 0) is 17.2 Å². The second kappa shape index (κ2) is 12.5. The molecule has 1 saturated heterocycles. The van der Waals surface area contributed by atoms with Crippen LogP contribution in [0.5, 0.6) is 0 Å². The Hall–Kier alpha value is -1.38. The van der Waals surface area contributed by atoms with Crippen LogP contribution < -0.4 is 4.90 Å². The van der Waals surface area contributed by atoms with E-state index in [0.717, 1.165) is 32.4 Å². The lowest BCUT2D eigenvalue weighted by Gasteiger charge is -2.16. The molecule has 0 spiro atoms. The monoisotopic (exact) mass is 739 g/mol. The maximum Gasteiger partial charge on any atom is 0.293 e. The van der Waals surface area contributed by atoms with Gasteiger partial charge >= 0.3 is 0 Å². The first-order valence-corrected chi connectivity index (χ1v) is 16.0. The number of alkyl halides is 6. The lowest BCUT2D eigenvalue weighted by atomic mass is 10.1. The van der Waals surface area contributed by atoms with E-state index in [1.54, 1.807) is 24.3 Å². The minimum absolute atomic E-state index is 0.0109. The van der Waals surface area contributed by atoms with Gasteiger partial charge < -0.3 is 4.90 Å². The van der Waals surface area contributed by atoms with E-state index in [-0.39, 0.29) is 46.5 Å². The molecule has 0 saturated carbocycles. The van der Waals surface area contributed by atoms with Gasteiger partial charge in [-0.25, -0.2) is 15.0 Å². The number of hydrogen-bond donors (Lipinski definition) is 0. The quantitative estimate of drug-likeness (QED) is 0.107. The fourth-order valence-corrected chi connectivity index (χ4v) is 6.84. The fraction of sp³-hybridized carbons (Fsp3) is 0.200. The van der Waals surface area contributed by atoms with E-state index in [9.17, 15) is 9.59 Å². The average molecular weight is 742 g/mol. The van der Waals surface area contributed by atoms with Crippen molar-refractivity contribution < 1.29 is 14.4 Å². The molecule has 5 rings (SSSR count). The van der Waals surface area contributed by atoms with Crippen molar-refractivity contribution in [2.75, 3.05) is 18.6 Å². The minimum atomic E-state index is -2.00. The summed E-state index contributed by atoms with van der Waals surface area (Å²) in [7, 11) is 1.89. The summed E-state index contributed by atoms with van der Waals surface area (Å²) in [5, 5.41) is 1.83. The number of para-hydroxylation sites is 1. The van der Waals surface area contributed by atoms with Crippen molar-refractivity contribution in [3.05, 3.63) is 75.7 Å². The first-order valence-electron chi connectivity index (χ1n) is 11.7. The normalized spacial score (nSPS) is 17.3. The number of rotatable bonds is 6. The molecule has 1 amide bonds. The highest BCUT2D eigenvalue weighted by molar-refractivity contribution is 8.27. The number of anilines is 1. The highest BCUT2D eigenvalue weighted by Gasteiger charge is 2.39. The van der Waals surface area contributed by atoms with Crippen molar-refractivity contribution in [2.45, 2.75) is 18.9 Å². The number of aromatic nitrogens is 3. The van der Waals surface area contributed by atoms with Gasteiger partial charge in [0.15, 0.2) is 27.6 Å². The van der Waals surface area contributed by atoms with Gasteiger partial charge in [0, 0.05) is 29.5 Å². The van der Waals surface area contributed by atoms with Crippen molar-refractivity contribution in [3.8, 4) is 11.4 Å². The Morgan fingerprint density at radius 1 is 0.929 bits per heavy atom. The molecule has 218 valence electrons. The molecule has 2 aromatic carbocycles. The zero-order valence-corrected chi connectivity index (χ0v) is 28.0. The van der Waals surface area contributed by atoms with Crippen molar-refractivity contribution in [1.29, 1.82) is 0 Å². The molecule has 0 atom stereocenters. The maximum atomic E-state index is 13.1. The van der Waals surface area contributed by atoms with Crippen molar-refractivity contribution in [2.24, 2.45) is 0 Å². The number of ketones is 1. The number of fused-ring (bicyclic) bond motifs is 1. The van der Waals surface area contributed by atoms with Gasteiger partial charge in [-0.15, -0.1) is 0 Å². The van der Waals surface area contributed by atoms with E-state index in [0.29, 0.717) is 16.0 Å². The molecule has 2 aliphatic heterocycles. The van der Waals surface area contributed by atoms with Crippen LogP contribution in [0, 0.1) is 0 Å². The molecule has 2 aliphatic rings. The molecule has 0 bridgehead atoms. The number of amides is 1. The summed E-state index contributed by atoms with van der Waals surface area (Å²) in [4.78, 5) is 47.4. The third-order valence-electron chi connectivity index (χ3n) is 5.82. The third-order valence-corrected chi connectivity index (χ3v) is 9.53. The zero-order chi connectivity index (χ0) is 30.4. The number of nitrogens with zero attached hydrogens (tertiary/aromatic N) is 5. The Kier molecular flexibility index (Phi) is 9.57. The molecule has 0 aliphatic carbocycles. The number of benzene rings is 2. The van der Waals surface area contributed by atoms with E-state index in [1.807, 2.05) is 36.2 Å². The molecular formula is C25H15Cl6N5O3S3. The summed E-state index contributed by atoms with van der Waals surface area (Å²) in [5.74, 6) is -0.987. The predicted molar refractivity (Wildman–Crippen MR) is 173 cm³/mol. The summed E-state index contributed by atoms with van der Waals surface area (Å²) in [6, 6.07) is 14.2. The molecule has 3 heterocycles. The van der Waals surface area contributed by atoms with Crippen molar-refractivity contribution in [1.82, 2.24) is 20.0 Å². The van der Waals surface area contributed by atoms with Crippen LogP contribution in [0.4, 0.5) is 5.69 Å². The van der Waals surface area contributed by atoms with Gasteiger partial charge in [-0.05, 0) is 36.1 Å². The Morgan fingerprint density at radius 3 is 2.14 bits per heavy atom. The maximum absolute atomic E-state index is 13.1. The number of halogens is 6. The first-order chi connectivity index (χ1) is 19.7. The van der Waals surface area contributed by atoms with Crippen LogP contribution in [0.3, 0.4) is 0 Å². The van der Waals surface area contributed by atoms with Crippen LogP contribution in [-0.4, -0.2) is 49.7 Å².